The van der Waals surface area contributed by atoms with Gasteiger partial charge in [-0.15, -0.1) is 0 Å². The third-order valence-electron chi connectivity index (χ3n) is 5.09. The summed E-state index contributed by atoms with van der Waals surface area (Å²) in [5.74, 6) is -0.976. The van der Waals surface area contributed by atoms with Gasteiger partial charge in [-0.1, -0.05) is 24.8 Å². The fourth-order valence-electron chi connectivity index (χ4n) is 3.27. The molecule has 2 aromatic rings. The first-order chi connectivity index (χ1) is 17.7. The molecule has 2 amide bonds. The molecule has 0 fully saturated rings. The molecule has 0 radical (unpaired) electrons. The number of aromatic nitrogens is 1. The number of carbonyl (C=O) groups is 2. The van der Waals surface area contributed by atoms with Gasteiger partial charge in [0.15, 0.2) is 6.61 Å². The standard InChI is InChI=1S/C27H34FN3O6S/c1-8-20(36-18-25(32)29-6)15-21(9-2)38(34,35)31-17-19(16-30(7)26(33)37-27(3,4)5)14-24(31)22-12-10-11-13-23(22)28/h8-15,17H,1,16,18H2,2-7H3,(H,29,32)/b20-15+,21-9+. The number of ether oxygens (including phenoxy) is 2. The molecule has 1 aromatic carbocycles. The topological polar surface area (TPSA) is 107 Å². The van der Waals surface area contributed by atoms with Crippen LogP contribution in [0.25, 0.3) is 11.3 Å². The highest BCUT2D eigenvalue weighted by atomic mass is 32.2. The zero-order valence-electron chi connectivity index (χ0n) is 22.4. The average molecular weight is 548 g/mol. The van der Waals surface area contributed by atoms with Crippen LogP contribution in [0.3, 0.4) is 0 Å². The Morgan fingerprint density at radius 1 is 1.24 bits per heavy atom. The number of likely N-dealkylation sites (N-methyl/N-ethyl adjacent to an activating group) is 1. The van der Waals surface area contributed by atoms with Crippen molar-refractivity contribution in [2.45, 2.75) is 39.8 Å². The van der Waals surface area contributed by atoms with E-state index in [0.717, 1.165) is 3.97 Å². The van der Waals surface area contributed by atoms with Crippen molar-refractivity contribution in [2.24, 2.45) is 0 Å². The van der Waals surface area contributed by atoms with Crippen LogP contribution in [0.4, 0.5) is 9.18 Å². The Hall–Kier alpha value is -3.86. The van der Waals surface area contributed by atoms with Crippen molar-refractivity contribution in [3.05, 3.63) is 83.4 Å². The van der Waals surface area contributed by atoms with Crippen molar-refractivity contribution >= 4 is 22.0 Å². The fraction of sp³-hybridized carbons (Fsp3) is 0.333. The van der Waals surface area contributed by atoms with E-state index in [1.165, 1.54) is 74.6 Å². The lowest BCUT2D eigenvalue weighted by atomic mass is 10.1. The Morgan fingerprint density at radius 2 is 1.89 bits per heavy atom. The van der Waals surface area contributed by atoms with Gasteiger partial charge in [-0.2, -0.15) is 0 Å². The second-order valence-electron chi connectivity index (χ2n) is 9.25. The molecule has 1 aromatic heterocycles. The van der Waals surface area contributed by atoms with Gasteiger partial charge < -0.3 is 19.7 Å². The number of allylic oxidation sites excluding steroid dienone is 3. The van der Waals surface area contributed by atoms with E-state index in [2.05, 4.69) is 11.9 Å². The molecule has 0 aliphatic carbocycles. The highest BCUT2D eigenvalue weighted by Gasteiger charge is 2.26. The number of carbonyl (C=O) groups excluding carboxylic acids is 2. The van der Waals surface area contributed by atoms with E-state index in [9.17, 15) is 22.4 Å². The van der Waals surface area contributed by atoms with E-state index >= 15 is 0 Å². The normalized spacial score (nSPS) is 12.6. The predicted octanol–water partition coefficient (Wildman–Crippen LogP) is 4.58. The number of hydrogen-bond donors (Lipinski definition) is 1. The smallest absolute Gasteiger partial charge is 0.410 e. The molecule has 2 rings (SSSR count). The number of benzene rings is 1. The van der Waals surface area contributed by atoms with E-state index in [-0.39, 0.29) is 35.1 Å². The molecule has 1 N–H and O–H groups in total. The van der Waals surface area contributed by atoms with Crippen LogP contribution in [0.5, 0.6) is 0 Å². The molecular formula is C27H34FN3O6S. The highest BCUT2D eigenvalue weighted by Crippen LogP contribution is 2.30. The largest absolute Gasteiger partial charge is 0.484 e. The van der Waals surface area contributed by atoms with Gasteiger partial charge in [-0.3, -0.25) is 4.79 Å². The molecule has 0 spiro atoms. The molecule has 11 heteroatoms. The first kappa shape index (κ1) is 30.4. The van der Waals surface area contributed by atoms with Crippen LogP contribution >= 0.6 is 0 Å². The minimum atomic E-state index is -4.29. The lowest BCUT2D eigenvalue weighted by Crippen LogP contribution is -2.33. The molecule has 0 unspecified atom stereocenters. The Bertz CT molecular complexity index is 1350. The van der Waals surface area contributed by atoms with Gasteiger partial charge in [0.05, 0.1) is 17.1 Å². The molecule has 206 valence electrons. The van der Waals surface area contributed by atoms with Crippen LogP contribution in [0.15, 0.2) is 72.0 Å². The summed E-state index contributed by atoms with van der Waals surface area (Å²) in [5, 5.41) is 2.40. The van der Waals surface area contributed by atoms with Crippen molar-refractivity contribution in [1.29, 1.82) is 0 Å². The van der Waals surface area contributed by atoms with Crippen LogP contribution in [-0.2, 0) is 30.8 Å². The number of halogens is 1. The average Bonchev–Trinajstić information content (AvgIpc) is 3.27. The van der Waals surface area contributed by atoms with Gasteiger partial charge >= 0.3 is 6.09 Å². The summed E-state index contributed by atoms with van der Waals surface area (Å²) in [7, 11) is -1.33. The first-order valence-corrected chi connectivity index (χ1v) is 13.2. The number of nitrogens with zero attached hydrogens (tertiary/aromatic N) is 2. The zero-order chi connectivity index (χ0) is 28.7. The molecule has 9 nitrogen and oxygen atoms in total. The SMILES string of the molecule is C=C/C(=C\C(=C/C)S(=O)(=O)n1cc(CN(C)C(=O)OC(C)(C)C)cc1-c1ccccc1F)OCC(=O)NC. The van der Waals surface area contributed by atoms with Gasteiger partial charge in [-0.05, 0) is 57.5 Å². The van der Waals surface area contributed by atoms with E-state index in [4.69, 9.17) is 9.47 Å². The van der Waals surface area contributed by atoms with E-state index in [0.29, 0.717) is 5.56 Å². The Morgan fingerprint density at radius 3 is 2.45 bits per heavy atom. The molecule has 0 bridgehead atoms. The molecule has 0 aliphatic rings. The minimum absolute atomic E-state index is 0.00699. The summed E-state index contributed by atoms with van der Waals surface area (Å²) < 4.78 is 54.1. The lowest BCUT2D eigenvalue weighted by Gasteiger charge is -2.24. The molecule has 0 atom stereocenters. The quantitative estimate of drug-likeness (QED) is 0.345. The molecular weight excluding hydrogens is 513 g/mol. The number of nitrogens with one attached hydrogen (secondary N) is 1. The summed E-state index contributed by atoms with van der Waals surface area (Å²) >= 11 is 0. The molecule has 38 heavy (non-hydrogen) atoms. The Labute approximate surface area is 223 Å². The lowest BCUT2D eigenvalue weighted by molar-refractivity contribution is -0.123. The number of hydrogen-bond acceptors (Lipinski definition) is 6. The van der Waals surface area contributed by atoms with Gasteiger partial charge in [0.25, 0.3) is 15.9 Å². The monoisotopic (exact) mass is 547 g/mol. The second kappa shape index (κ2) is 12.6. The fourth-order valence-corrected chi connectivity index (χ4v) is 4.74. The molecule has 1 heterocycles. The minimum Gasteiger partial charge on any atom is -0.484 e. The maximum atomic E-state index is 14.8. The number of rotatable bonds is 10. The van der Waals surface area contributed by atoms with Crippen LogP contribution in [0, 0.1) is 5.82 Å². The Kier molecular flexibility index (Phi) is 10.1. The van der Waals surface area contributed by atoms with Crippen LogP contribution in [-0.4, -0.2) is 55.6 Å². The predicted molar refractivity (Wildman–Crippen MR) is 144 cm³/mol. The maximum Gasteiger partial charge on any atom is 0.410 e. The summed E-state index contributed by atoms with van der Waals surface area (Å²) in [4.78, 5) is 25.1. The van der Waals surface area contributed by atoms with Gasteiger partial charge in [0.1, 0.15) is 17.2 Å². The summed E-state index contributed by atoms with van der Waals surface area (Å²) in [6.07, 6.45) is 4.58. The third kappa shape index (κ3) is 7.82. The first-order valence-electron chi connectivity index (χ1n) is 11.7. The van der Waals surface area contributed by atoms with Crippen LogP contribution < -0.4 is 5.32 Å². The summed E-state index contributed by atoms with van der Waals surface area (Å²) in [5.41, 5.74) is -0.162. The molecule has 0 aliphatic heterocycles. The van der Waals surface area contributed by atoms with E-state index in [1.54, 1.807) is 26.8 Å². The highest BCUT2D eigenvalue weighted by molar-refractivity contribution is 7.94. The zero-order valence-corrected chi connectivity index (χ0v) is 23.3. The Balaban J connectivity index is 2.57. The van der Waals surface area contributed by atoms with Crippen molar-refractivity contribution < 1.29 is 31.9 Å². The molecule has 0 saturated carbocycles. The van der Waals surface area contributed by atoms with Gasteiger partial charge in [-0.25, -0.2) is 21.6 Å². The van der Waals surface area contributed by atoms with Crippen LogP contribution in [0.1, 0.15) is 33.3 Å². The third-order valence-corrected chi connectivity index (χ3v) is 6.86. The van der Waals surface area contributed by atoms with Gasteiger partial charge in [0, 0.05) is 31.9 Å². The second-order valence-corrected chi connectivity index (χ2v) is 11.1. The van der Waals surface area contributed by atoms with Gasteiger partial charge in [0.2, 0.25) is 0 Å². The summed E-state index contributed by atoms with van der Waals surface area (Å²) in [6, 6.07) is 7.28. The van der Waals surface area contributed by atoms with Crippen molar-refractivity contribution in [3.63, 3.8) is 0 Å². The van der Waals surface area contributed by atoms with Crippen molar-refractivity contribution in [2.75, 3.05) is 20.7 Å². The number of amides is 2. The van der Waals surface area contributed by atoms with Crippen molar-refractivity contribution in [1.82, 2.24) is 14.2 Å². The van der Waals surface area contributed by atoms with E-state index < -0.39 is 33.4 Å². The van der Waals surface area contributed by atoms with E-state index in [1.807, 2.05) is 0 Å². The summed E-state index contributed by atoms with van der Waals surface area (Å²) in [6.45, 7) is 10.0. The molecule has 0 saturated heterocycles. The van der Waals surface area contributed by atoms with Crippen molar-refractivity contribution in [3.8, 4) is 11.3 Å². The van der Waals surface area contributed by atoms with Crippen LogP contribution in [0.2, 0.25) is 0 Å². The maximum absolute atomic E-state index is 14.8.